The SMILES string of the molecule is Cc1cc(-c2nccc(-c3cccc(NC(=O)c4ccc(CNCCO)cn4)c3C)c2Cl)ccc1CNCC1CCC(=O)N1. The molecule has 0 radical (unpaired) electrons. The molecule has 2 aromatic heterocycles. The lowest BCUT2D eigenvalue weighted by molar-refractivity contribution is -0.119. The van der Waals surface area contributed by atoms with Gasteiger partial charge in [-0.2, -0.15) is 0 Å². The number of rotatable bonds is 12. The van der Waals surface area contributed by atoms with Gasteiger partial charge in [0.1, 0.15) is 5.69 Å². The number of aliphatic hydroxyl groups is 1. The molecule has 0 saturated carbocycles. The van der Waals surface area contributed by atoms with E-state index in [0.717, 1.165) is 46.3 Å². The van der Waals surface area contributed by atoms with Crippen molar-refractivity contribution in [2.75, 3.05) is 25.0 Å². The Morgan fingerprint density at radius 2 is 1.91 bits per heavy atom. The van der Waals surface area contributed by atoms with Crippen molar-refractivity contribution in [2.24, 2.45) is 0 Å². The highest BCUT2D eigenvalue weighted by atomic mass is 35.5. The number of carbonyl (C=O) groups excluding carboxylic acids is 2. The van der Waals surface area contributed by atoms with Crippen molar-refractivity contribution in [1.82, 2.24) is 25.9 Å². The highest BCUT2D eigenvalue weighted by molar-refractivity contribution is 6.35. The number of pyridine rings is 2. The lowest BCUT2D eigenvalue weighted by Gasteiger charge is -2.16. The van der Waals surface area contributed by atoms with Crippen LogP contribution >= 0.6 is 11.6 Å². The van der Waals surface area contributed by atoms with Gasteiger partial charge >= 0.3 is 0 Å². The molecule has 10 heteroatoms. The van der Waals surface area contributed by atoms with Gasteiger partial charge in [0.05, 0.1) is 17.3 Å². The molecule has 5 N–H and O–H groups in total. The molecule has 1 aliphatic rings. The number of hydrogen-bond acceptors (Lipinski definition) is 7. The number of benzene rings is 2. The summed E-state index contributed by atoms with van der Waals surface area (Å²) in [6.07, 6.45) is 4.88. The number of nitrogens with zero attached hydrogens (tertiary/aromatic N) is 2. The molecular formula is C34H37ClN6O3. The van der Waals surface area contributed by atoms with Crippen LogP contribution in [-0.2, 0) is 17.9 Å². The maximum atomic E-state index is 13.0. The van der Waals surface area contributed by atoms with Crippen LogP contribution in [0.3, 0.4) is 0 Å². The van der Waals surface area contributed by atoms with Crippen LogP contribution in [0.15, 0.2) is 67.0 Å². The molecule has 0 aliphatic carbocycles. The summed E-state index contributed by atoms with van der Waals surface area (Å²) in [6, 6.07) is 17.6. The van der Waals surface area contributed by atoms with Gasteiger partial charge in [-0.15, -0.1) is 0 Å². The second kappa shape index (κ2) is 14.5. The molecule has 1 aliphatic heterocycles. The fourth-order valence-electron chi connectivity index (χ4n) is 5.33. The molecule has 2 amide bonds. The van der Waals surface area contributed by atoms with E-state index in [1.165, 1.54) is 5.56 Å². The van der Waals surface area contributed by atoms with Gasteiger partial charge in [-0.3, -0.25) is 19.6 Å². The van der Waals surface area contributed by atoms with Gasteiger partial charge in [-0.25, -0.2) is 0 Å². The average molecular weight is 613 g/mol. The first-order valence-corrected chi connectivity index (χ1v) is 15.1. The zero-order chi connectivity index (χ0) is 31.1. The predicted molar refractivity (Wildman–Crippen MR) is 173 cm³/mol. The van der Waals surface area contributed by atoms with Crippen LogP contribution in [-0.4, -0.2) is 52.6 Å². The summed E-state index contributed by atoms with van der Waals surface area (Å²) < 4.78 is 0. The van der Waals surface area contributed by atoms with Crippen molar-refractivity contribution >= 4 is 29.1 Å². The third-order valence-corrected chi connectivity index (χ3v) is 8.23. The van der Waals surface area contributed by atoms with Gasteiger partial charge in [0.2, 0.25) is 5.91 Å². The number of anilines is 1. The molecule has 228 valence electrons. The zero-order valence-electron chi connectivity index (χ0n) is 24.9. The highest BCUT2D eigenvalue weighted by Gasteiger charge is 2.20. The molecule has 1 saturated heterocycles. The van der Waals surface area contributed by atoms with Crippen molar-refractivity contribution < 1.29 is 14.7 Å². The molecule has 0 bridgehead atoms. The van der Waals surface area contributed by atoms with Gasteiger partial charge in [0.15, 0.2) is 0 Å². The van der Waals surface area contributed by atoms with E-state index in [9.17, 15) is 9.59 Å². The Hall–Kier alpha value is -4.15. The Balaban J connectivity index is 1.30. The number of halogens is 1. The Labute approximate surface area is 262 Å². The van der Waals surface area contributed by atoms with Crippen LogP contribution in [0.1, 0.15) is 45.6 Å². The van der Waals surface area contributed by atoms with E-state index in [0.29, 0.717) is 48.2 Å². The van der Waals surface area contributed by atoms with E-state index in [1.807, 2.05) is 43.3 Å². The molecule has 2 aromatic carbocycles. The van der Waals surface area contributed by atoms with E-state index in [1.54, 1.807) is 18.5 Å². The maximum absolute atomic E-state index is 13.0. The van der Waals surface area contributed by atoms with E-state index in [4.69, 9.17) is 16.7 Å². The topological polar surface area (TPSA) is 128 Å². The summed E-state index contributed by atoms with van der Waals surface area (Å²) >= 11 is 7.00. The average Bonchev–Trinajstić information content (AvgIpc) is 3.44. The smallest absolute Gasteiger partial charge is 0.274 e. The van der Waals surface area contributed by atoms with Crippen LogP contribution in [0.5, 0.6) is 0 Å². The minimum absolute atomic E-state index is 0.0634. The number of nitrogens with one attached hydrogen (secondary N) is 4. The summed E-state index contributed by atoms with van der Waals surface area (Å²) in [6.45, 7) is 6.60. The zero-order valence-corrected chi connectivity index (χ0v) is 25.7. The van der Waals surface area contributed by atoms with Crippen molar-refractivity contribution in [3.63, 3.8) is 0 Å². The van der Waals surface area contributed by atoms with Crippen LogP contribution < -0.4 is 21.3 Å². The molecule has 3 heterocycles. The van der Waals surface area contributed by atoms with Gasteiger partial charge in [-0.05, 0) is 72.4 Å². The molecule has 5 rings (SSSR count). The third kappa shape index (κ3) is 7.49. The second-order valence-corrected chi connectivity index (χ2v) is 11.4. The molecule has 1 atom stereocenters. The number of carbonyl (C=O) groups is 2. The first kappa shape index (κ1) is 31.3. The Morgan fingerprint density at radius 3 is 2.64 bits per heavy atom. The first-order valence-electron chi connectivity index (χ1n) is 14.8. The molecule has 1 fully saturated rings. The quantitative estimate of drug-likeness (QED) is 0.146. The van der Waals surface area contributed by atoms with Crippen molar-refractivity contribution in [3.05, 3.63) is 100.0 Å². The summed E-state index contributed by atoms with van der Waals surface area (Å²) in [7, 11) is 0. The largest absolute Gasteiger partial charge is 0.395 e. The predicted octanol–water partition coefficient (Wildman–Crippen LogP) is 4.78. The van der Waals surface area contributed by atoms with E-state index < -0.39 is 0 Å². The third-order valence-electron chi connectivity index (χ3n) is 7.84. The fourth-order valence-corrected chi connectivity index (χ4v) is 5.65. The summed E-state index contributed by atoms with van der Waals surface area (Å²) in [5, 5.41) is 22.0. The summed E-state index contributed by atoms with van der Waals surface area (Å²) in [5.74, 6) is -0.182. The van der Waals surface area contributed by atoms with E-state index in [-0.39, 0.29) is 24.5 Å². The number of hydrogen-bond donors (Lipinski definition) is 5. The molecule has 44 heavy (non-hydrogen) atoms. The summed E-state index contributed by atoms with van der Waals surface area (Å²) in [5.41, 5.74) is 8.40. The van der Waals surface area contributed by atoms with Crippen molar-refractivity contribution in [2.45, 2.75) is 45.8 Å². The van der Waals surface area contributed by atoms with Gasteiger partial charge in [0.25, 0.3) is 5.91 Å². The van der Waals surface area contributed by atoms with Crippen molar-refractivity contribution in [1.29, 1.82) is 0 Å². The van der Waals surface area contributed by atoms with Crippen LogP contribution in [0.25, 0.3) is 22.4 Å². The van der Waals surface area contributed by atoms with Gasteiger partial charge in [0, 0.05) is 67.8 Å². The number of aromatic nitrogens is 2. The van der Waals surface area contributed by atoms with E-state index >= 15 is 0 Å². The maximum Gasteiger partial charge on any atom is 0.274 e. The number of aryl methyl sites for hydroxylation is 1. The second-order valence-electron chi connectivity index (χ2n) is 11.0. The van der Waals surface area contributed by atoms with Crippen molar-refractivity contribution in [3.8, 4) is 22.4 Å². The molecule has 0 spiro atoms. The molecule has 9 nitrogen and oxygen atoms in total. The Morgan fingerprint density at radius 1 is 1.05 bits per heavy atom. The van der Waals surface area contributed by atoms with Crippen LogP contribution in [0, 0.1) is 13.8 Å². The minimum Gasteiger partial charge on any atom is -0.395 e. The fraction of sp³-hybridized carbons (Fsp3) is 0.294. The lowest BCUT2D eigenvalue weighted by atomic mass is 9.97. The monoisotopic (exact) mass is 612 g/mol. The standard InChI is InChI=1S/C34H37ClN6O3/c1-21-16-24(7-8-25(21)19-37-20-26-9-11-31(43)40-26)33-32(35)28(12-13-38-33)27-4-3-5-29(22(27)2)41-34(44)30-10-6-23(18-39-30)17-36-14-15-42/h3-8,10,12-13,16,18,26,36-37,42H,9,11,14-15,17,19-20H2,1-2H3,(H,40,43)(H,41,44). The molecule has 4 aromatic rings. The van der Waals surface area contributed by atoms with E-state index in [2.05, 4.69) is 50.3 Å². The van der Waals surface area contributed by atoms with Gasteiger partial charge < -0.3 is 26.4 Å². The van der Waals surface area contributed by atoms with Gasteiger partial charge in [-0.1, -0.05) is 41.9 Å². The number of aliphatic hydroxyl groups excluding tert-OH is 1. The Kier molecular flexibility index (Phi) is 10.3. The highest BCUT2D eigenvalue weighted by Crippen LogP contribution is 2.38. The van der Waals surface area contributed by atoms with Crippen LogP contribution in [0.2, 0.25) is 5.02 Å². The Bertz CT molecular complexity index is 1640. The molecular weight excluding hydrogens is 576 g/mol. The lowest BCUT2D eigenvalue weighted by Crippen LogP contribution is -2.35. The number of amides is 2. The normalized spacial score (nSPS) is 14.5. The minimum atomic E-state index is -0.306. The first-order chi connectivity index (χ1) is 21.3. The van der Waals surface area contributed by atoms with Crippen LogP contribution in [0.4, 0.5) is 5.69 Å². The molecule has 1 unspecified atom stereocenters. The summed E-state index contributed by atoms with van der Waals surface area (Å²) in [4.78, 5) is 33.4.